The highest BCUT2D eigenvalue weighted by molar-refractivity contribution is 5.68. The molecule has 0 amide bonds. The Bertz CT molecular complexity index is 702. The maximum atomic E-state index is 10.8. The summed E-state index contributed by atoms with van der Waals surface area (Å²) in [4.78, 5) is 10.8. The number of unbranched alkanes of at least 4 members (excludes halogenated alkanes) is 2. The predicted octanol–water partition coefficient (Wildman–Crippen LogP) is 2.54. The summed E-state index contributed by atoms with van der Waals surface area (Å²) < 4.78 is 17.4. The van der Waals surface area contributed by atoms with Crippen LogP contribution in [0.3, 0.4) is 0 Å². The van der Waals surface area contributed by atoms with Crippen LogP contribution >= 0.6 is 0 Å². The van der Waals surface area contributed by atoms with Crippen LogP contribution in [0.1, 0.15) is 39.0 Å². The number of carbonyl (C=O) groups is 1. The van der Waals surface area contributed by atoms with Gasteiger partial charge in [-0.25, -0.2) is 4.79 Å². The zero-order valence-electron chi connectivity index (χ0n) is 16.0. The first-order valence-electron chi connectivity index (χ1n) is 9.85. The molecule has 1 aliphatic carbocycles. The molecule has 3 N–H and O–H groups in total. The van der Waals surface area contributed by atoms with Gasteiger partial charge in [0.15, 0.2) is 18.1 Å². The van der Waals surface area contributed by atoms with Crippen molar-refractivity contribution in [2.45, 2.75) is 63.4 Å². The molecule has 7 heteroatoms. The van der Waals surface area contributed by atoms with E-state index in [1.54, 1.807) is 24.3 Å². The largest absolute Gasteiger partial charge is 0.482 e. The molecule has 0 saturated heterocycles. The summed E-state index contributed by atoms with van der Waals surface area (Å²) in [6.45, 7) is 1.64. The SMILES string of the molecule is CCCCC[C@@H](O)C=C[C@H]1[C@@H]2Oc3cccc(OCC(=O)O)c3O[C@@H]2C[C@@H]1O. The van der Waals surface area contributed by atoms with Crippen LogP contribution in [0.2, 0.25) is 0 Å². The molecular weight excluding hydrogens is 364 g/mol. The average molecular weight is 392 g/mol. The van der Waals surface area contributed by atoms with Gasteiger partial charge < -0.3 is 29.5 Å². The Morgan fingerprint density at radius 3 is 2.93 bits per heavy atom. The highest BCUT2D eigenvalue weighted by atomic mass is 16.6. The molecule has 1 saturated carbocycles. The molecule has 1 aliphatic heterocycles. The van der Waals surface area contributed by atoms with Crippen molar-refractivity contribution in [2.75, 3.05) is 6.61 Å². The van der Waals surface area contributed by atoms with Crippen molar-refractivity contribution in [2.24, 2.45) is 5.92 Å². The molecule has 5 atom stereocenters. The third-order valence-corrected chi connectivity index (χ3v) is 5.15. The van der Waals surface area contributed by atoms with Crippen molar-refractivity contribution in [1.29, 1.82) is 0 Å². The summed E-state index contributed by atoms with van der Waals surface area (Å²) >= 11 is 0. The smallest absolute Gasteiger partial charge is 0.341 e. The van der Waals surface area contributed by atoms with Gasteiger partial charge in [0, 0.05) is 12.3 Å². The number of aliphatic hydroxyl groups excluding tert-OH is 2. The van der Waals surface area contributed by atoms with Crippen LogP contribution in [0.25, 0.3) is 0 Å². The van der Waals surface area contributed by atoms with Crippen molar-refractivity contribution in [3.8, 4) is 17.2 Å². The summed E-state index contributed by atoms with van der Waals surface area (Å²) in [5.41, 5.74) is 0. The number of carboxylic acid groups (broad SMARTS) is 1. The second-order valence-corrected chi connectivity index (χ2v) is 7.33. The van der Waals surface area contributed by atoms with E-state index in [-0.39, 0.29) is 18.1 Å². The van der Waals surface area contributed by atoms with Crippen molar-refractivity contribution >= 4 is 5.97 Å². The third-order valence-electron chi connectivity index (χ3n) is 5.15. The minimum atomic E-state index is -1.08. The van der Waals surface area contributed by atoms with Gasteiger partial charge in [-0.2, -0.15) is 0 Å². The second kappa shape index (κ2) is 9.30. The first-order valence-corrected chi connectivity index (χ1v) is 9.85. The number of fused-ring (bicyclic) bond motifs is 2. The van der Waals surface area contributed by atoms with Crippen LogP contribution < -0.4 is 14.2 Å². The Balaban J connectivity index is 1.69. The molecule has 3 rings (SSSR count). The summed E-state index contributed by atoms with van der Waals surface area (Å²) in [5, 5.41) is 29.4. The average Bonchev–Trinajstić information content (AvgIpc) is 2.97. The number of aliphatic hydroxyl groups is 2. The van der Waals surface area contributed by atoms with Gasteiger partial charge in [-0.15, -0.1) is 0 Å². The van der Waals surface area contributed by atoms with E-state index in [0.29, 0.717) is 30.1 Å². The molecule has 0 bridgehead atoms. The minimum absolute atomic E-state index is 0.289. The highest BCUT2D eigenvalue weighted by Gasteiger charge is 2.47. The molecule has 154 valence electrons. The molecule has 1 fully saturated rings. The van der Waals surface area contributed by atoms with Gasteiger partial charge in [-0.3, -0.25) is 0 Å². The van der Waals surface area contributed by atoms with Crippen molar-refractivity contribution in [3.63, 3.8) is 0 Å². The van der Waals surface area contributed by atoms with Crippen molar-refractivity contribution in [1.82, 2.24) is 0 Å². The molecule has 28 heavy (non-hydrogen) atoms. The fraction of sp³-hybridized carbons (Fsp3) is 0.571. The topological polar surface area (TPSA) is 105 Å². The molecule has 0 aromatic heterocycles. The number of rotatable bonds is 9. The lowest BCUT2D eigenvalue weighted by molar-refractivity contribution is -0.139. The van der Waals surface area contributed by atoms with Gasteiger partial charge in [0.05, 0.1) is 12.2 Å². The van der Waals surface area contributed by atoms with E-state index < -0.39 is 24.8 Å². The Morgan fingerprint density at radius 2 is 2.18 bits per heavy atom. The van der Waals surface area contributed by atoms with Gasteiger partial charge in [0.1, 0.15) is 12.2 Å². The molecule has 2 aliphatic rings. The Hall–Kier alpha value is -2.25. The molecule has 7 nitrogen and oxygen atoms in total. The number of hydrogen-bond acceptors (Lipinski definition) is 6. The van der Waals surface area contributed by atoms with Crippen LogP contribution in [0.4, 0.5) is 0 Å². The minimum Gasteiger partial charge on any atom is -0.482 e. The lowest BCUT2D eigenvalue weighted by atomic mass is 10.00. The van der Waals surface area contributed by atoms with E-state index in [9.17, 15) is 15.0 Å². The van der Waals surface area contributed by atoms with Gasteiger partial charge in [-0.05, 0) is 18.6 Å². The summed E-state index contributed by atoms with van der Waals surface area (Å²) in [6, 6.07) is 5.05. The molecule has 0 spiro atoms. The monoisotopic (exact) mass is 392 g/mol. The Morgan fingerprint density at radius 1 is 1.36 bits per heavy atom. The van der Waals surface area contributed by atoms with Crippen molar-refractivity contribution < 1.29 is 34.3 Å². The summed E-state index contributed by atoms with van der Waals surface area (Å²) in [6.07, 6.45) is 5.86. The van der Waals surface area contributed by atoms with Crippen molar-refractivity contribution in [3.05, 3.63) is 30.4 Å². The van der Waals surface area contributed by atoms with Gasteiger partial charge in [0.25, 0.3) is 0 Å². The zero-order valence-corrected chi connectivity index (χ0v) is 16.0. The molecular formula is C21H28O7. The number of aliphatic carboxylic acids is 1. The Labute approximate surface area is 164 Å². The first kappa shape index (κ1) is 20.5. The second-order valence-electron chi connectivity index (χ2n) is 7.33. The van der Waals surface area contributed by atoms with E-state index in [4.69, 9.17) is 19.3 Å². The number of carboxylic acids is 1. The van der Waals surface area contributed by atoms with E-state index in [2.05, 4.69) is 6.92 Å². The van der Waals surface area contributed by atoms with Crippen LogP contribution in [-0.2, 0) is 4.79 Å². The molecule has 0 radical (unpaired) electrons. The number of para-hydroxylation sites is 1. The third kappa shape index (κ3) is 4.77. The van der Waals surface area contributed by atoms with Crippen LogP contribution in [0.5, 0.6) is 17.2 Å². The van der Waals surface area contributed by atoms with Crippen LogP contribution in [-0.4, -0.2) is 52.3 Å². The van der Waals surface area contributed by atoms with Gasteiger partial charge >= 0.3 is 5.97 Å². The first-order chi connectivity index (χ1) is 13.5. The standard InChI is InChI=1S/C21H28O7/c1-2-3-4-6-13(22)9-10-14-15(23)11-18-20(14)27-17-8-5-7-16(21(17)28-18)26-12-19(24)25/h5,7-10,13-15,18,20,22-23H,2-4,6,11-12H2,1H3,(H,24,25)/t13-,14-,15+,18-,20+/m1/s1. The fourth-order valence-corrected chi connectivity index (χ4v) is 3.72. The molecule has 1 aromatic rings. The quantitative estimate of drug-likeness (QED) is 0.438. The summed E-state index contributed by atoms with van der Waals surface area (Å²) in [5.74, 6) is -0.242. The Kier molecular flexibility index (Phi) is 6.80. The molecule has 1 heterocycles. The number of ether oxygens (including phenoxy) is 3. The molecule has 1 aromatic carbocycles. The number of hydrogen-bond donors (Lipinski definition) is 3. The predicted molar refractivity (Wildman–Crippen MR) is 102 cm³/mol. The highest BCUT2D eigenvalue weighted by Crippen LogP contribution is 2.46. The van der Waals surface area contributed by atoms with Gasteiger partial charge in [0.2, 0.25) is 5.75 Å². The fourth-order valence-electron chi connectivity index (χ4n) is 3.72. The van der Waals surface area contributed by atoms with E-state index in [1.807, 2.05) is 6.08 Å². The van der Waals surface area contributed by atoms with E-state index >= 15 is 0 Å². The van der Waals surface area contributed by atoms with Crippen LogP contribution in [0, 0.1) is 5.92 Å². The van der Waals surface area contributed by atoms with E-state index in [1.165, 1.54) is 0 Å². The number of benzene rings is 1. The zero-order chi connectivity index (χ0) is 20.1. The van der Waals surface area contributed by atoms with E-state index in [0.717, 1.165) is 19.3 Å². The summed E-state index contributed by atoms with van der Waals surface area (Å²) in [7, 11) is 0. The van der Waals surface area contributed by atoms with Gasteiger partial charge in [-0.1, -0.05) is 44.4 Å². The maximum absolute atomic E-state index is 10.8. The lowest BCUT2D eigenvalue weighted by Gasteiger charge is -2.32. The lowest BCUT2D eigenvalue weighted by Crippen LogP contribution is -2.39. The normalized spacial score (nSPS) is 26.8. The maximum Gasteiger partial charge on any atom is 0.341 e. The molecule has 0 unspecified atom stereocenters. The van der Waals surface area contributed by atoms with Crippen LogP contribution in [0.15, 0.2) is 30.4 Å².